The first-order chi connectivity index (χ1) is 12.6. The van der Waals surface area contributed by atoms with Gasteiger partial charge in [0.2, 0.25) is 5.88 Å². The lowest BCUT2D eigenvalue weighted by Gasteiger charge is -2.36. The minimum absolute atomic E-state index is 0.154. The highest BCUT2D eigenvalue weighted by Gasteiger charge is 2.30. The molecule has 0 bridgehead atoms. The first-order valence-electron chi connectivity index (χ1n) is 8.48. The fraction of sp³-hybridized carbons (Fsp3) is 0.529. The van der Waals surface area contributed by atoms with Crippen LogP contribution in [0.1, 0.15) is 35.9 Å². The summed E-state index contributed by atoms with van der Waals surface area (Å²) in [5.41, 5.74) is 7.17. The normalized spacial score (nSPS) is 17.6. The minimum Gasteiger partial charge on any atom is -0.477 e. The van der Waals surface area contributed by atoms with Gasteiger partial charge in [-0.2, -0.15) is 0 Å². The molecule has 2 aromatic heterocycles. The van der Waals surface area contributed by atoms with Crippen molar-refractivity contribution in [1.82, 2.24) is 14.9 Å². The molecule has 142 valence electrons. The number of likely N-dealkylation sites (tertiary alicyclic amines) is 1. The van der Waals surface area contributed by atoms with Crippen molar-refractivity contribution in [1.29, 1.82) is 0 Å². The predicted molar refractivity (Wildman–Crippen MR) is 92.9 cm³/mol. The van der Waals surface area contributed by atoms with Crippen LogP contribution in [0, 0.1) is 11.7 Å². The highest BCUT2D eigenvalue weighted by Crippen LogP contribution is 2.34. The predicted octanol–water partition coefficient (Wildman–Crippen LogP) is 3.41. The SMILES string of the molecule is NCC(c1scnc1C(F)F)N1CCC(COc2ccc(F)cn2)CC1. The van der Waals surface area contributed by atoms with Crippen molar-refractivity contribution in [2.75, 3.05) is 26.2 Å². The minimum atomic E-state index is -2.58. The standard InChI is InChI=1S/C17H21F3N4OS/c18-12-1-2-14(22-8-12)25-9-11-3-5-24(6-4-11)13(7-21)16-15(17(19)20)23-10-26-16/h1-2,8,10-11,13,17H,3-7,9,21H2. The van der Waals surface area contributed by atoms with Crippen LogP contribution in [-0.4, -0.2) is 41.1 Å². The van der Waals surface area contributed by atoms with Gasteiger partial charge in [0.25, 0.3) is 6.43 Å². The lowest BCUT2D eigenvalue weighted by atomic mass is 9.96. The Kier molecular flexibility index (Phi) is 6.44. The Morgan fingerprint density at radius 2 is 2.04 bits per heavy atom. The maximum Gasteiger partial charge on any atom is 0.281 e. The van der Waals surface area contributed by atoms with Crippen molar-refractivity contribution in [2.45, 2.75) is 25.3 Å². The summed E-state index contributed by atoms with van der Waals surface area (Å²) in [4.78, 5) is 10.4. The van der Waals surface area contributed by atoms with E-state index in [1.807, 2.05) is 0 Å². The van der Waals surface area contributed by atoms with E-state index < -0.39 is 12.2 Å². The highest BCUT2D eigenvalue weighted by atomic mass is 32.1. The number of ether oxygens (including phenoxy) is 1. The summed E-state index contributed by atoms with van der Waals surface area (Å²) in [6.45, 7) is 2.30. The first-order valence-corrected chi connectivity index (χ1v) is 9.36. The molecule has 1 aliphatic heterocycles. The van der Waals surface area contributed by atoms with E-state index in [0.717, 1.165) is 32.1 Å². The zero-order valence-corrected chi connectivity index (χ0v) is 15.0. The number of nitrogens with zero attached hydrogens (tertiary/aromatic N) is 3. The molecule has 9 heteroatoms. The Morgan fingerprint density at radius 3 is 2.65 bits per heavy atom. The van der Waals surface area contributed by atoms with Gasteiger partial charge in [-0.25, -0.2) is 23.1 Å². The lowest BCUT2D eigenvalue weighted by Crippen LogP contribution is -2.41. The van der Waals surface area contributed by atoms with Gasteiger partial charge in [0.05, 0.1) is 29.2 Å². The molecule has 0 spiro atoms. The molecule has 3 rings (SSSR count). The van der Waals surface area contributed by atoms with Crippen LogP contribution >= 0.6 is 11.3 Å². The molecule has 0 radical (unpaired) electrons. The summed E-state index contributed by atoms with van der Waals surface area (Å²) in [5, 5.41) is 0. The summed E-state index contributed by atoms with van der Waals surface area (Å²) in [7, 11) is 0. The number of halogens is 3. The van der Waals surface area contributed by atoms with Crippen LogP contribution < -0.4 is 10.5 Å². The lowest BCUT2D eigenvalue weighted by molar-refractivity contribution is 0.104. The molecule has 2 aromatic rings. The van der Waals surface area contributed by atoms with E-state index in [1.54, 1.807) is 0 Å². The first kappa shape index (κ1) is 19.1. The van der Waals surface area contributed by atoms with Crippen molar-refractivity contribution < 1.29 is 17.9 Å². The van der Waals surface area contributed by atoms with Gasteiger partial charge in [-0.15, -0.1) is 11.3 Å². The van der Waals surface area contributed by atoms with E-state index in [1.165, 1.54) is 29.0 Å². The topological polar surface area (TPSA) is 64.3 Å². The second-order valence-corrected chi connectivity index (χ2v) is 7.15. The summed E-state index contributed by atoms with van der Waals surface area (Å²) >= 11 is 1.24. The van der Waals surface area contributed by atoms with Crippen LogP contribution in [0.25, 0.3) is 0 Å². The van der Waals surface area contributed by atoms with Gasteiger partial charge in [0, 0.05) is 12.6 Å². The monoisotopic (exact) mass is 386 g/mol. The van der Waals surface area contributed by atoms with E-state index in [-0.39, 0.29) is 18.3 Å². The quantitative estimate of drug-likeness (QED) is 0.790. The van der Waals surface area contributed by atoms with Crippen LogP contribution in [0.3, 0.4) is 0 Å². The van der Waals surface area contributed by atoms with E-state index in [9.17, 15) is 13.2 Å². The number of pyridine rings is 1. The maximum atomic E-state index is 13.1. The highest BCUT2D eigenvalue weighted by molar-refractivity contribution is 7.09. The largest absolute Gasteiger partial charge is 0.477 e. The molecular weight excluding hydrogens is 365 g/mol. The molecular formula is C17H21F3N4OS. The number of alkyl halides is 2. The second kappa shape index (κ2) is 8.79. The average Bonchev–Trinajstić information content (AvgIpc) is 3.13. The maximum absolute atomic E-state index is 13.1. The summed E-state index contributed by atoms with van der Waals surface area (Å²) in [6.07, 6.45) is 0.292. The Hall–Kier alpha value is -1.71. The molecule has 2 N–H and O–H groups in total. The molecule has 0 amide bonds. The molecule has 0 saturated carbocycles. The average molecular weight is 386 g/mol. The summed E-state index contributed by atoms with van der Waals surface area (Å²) < 4.78 is 44.7. The van der Waals surface area contributed by atoms with Gasteiger partial charge in [0.1, 0.15) is 11.5 Å². The number of hydrogen-bond donors (Lipinski definition) is 1. The fourth-order valence-corrected chi connectivity index (χ4v) is 4.13. The molecule has 1 aliphatic rings. The molecule has 5 nitrogen and oxygen atoms in total. The van der Waals surface area contributed by atoms with Gasteiger partial charge >= 0.3 is 0 Å². The van der Waals surface area contributed by atoms with E-state index in [2.05, 4.69) is 14.9 Å². The third kappa shape index (κ3) is 4.52. The van der Waals surface area contributed by atoms with Crippen LogP contribution in [-0.2, 0) is 0 Å². The van der Waals surface area contributed by atoms with Gasteiger partial charge in [-0.3, -0.25) is 4.90 Å². The Bertz CT molecular complexity index is 690. The molecule has 1 atom stereocenters. The van der Waals surface area contributed by atoms with Crippen LogP contribution in [0.4, 0.5) is 13.2 Å². The van der Waals surface area contributed by atoms with Crippen molar-refractivity contribution >= 4 is 11.3 Å². The zero-order chi connectivity index (χ0) is 18.5. The van der Waals surface area contributed by atoms with Crippen molar-refractivity contribution in [3.8, 4) is 5.88 Å². The zero-order valence-electron chi connectivity index (χ0n) is 14.2. The van der Waals surface area contributed by atoms with Crippen molar-refractivity contribution in [3.63, 3.8) is 0 Å². The number of hydrogen-bond acceptors (Lipinski definition) is 6. The summed E-state index contributed by atoms with van der Waals surface area (Å²) in [5.74, 6) is 0.345. The number of thiazole rings is 1. The van der Waals surface area contributed by atoms with E-state index in [0.29, 0.717) is 23.3 Å². The van der Waals surface area contributed by atoms with Gasteiger partial charge in [-0.05, 0) is 37.9 Å². The Labute approximate surface area is 154 Å². The smallest absolute Gasteiger partial charge is 0.281 e. The second-order valence-electron chi connectivity index (χ2n) is 6.26. The molecule has 1 saturated heterocycles. The number of nitrogens with two attached hydrogens (primary N) is 1. The fourth-order valence-electron chi connectivity index (χ4n) is 3.18. The number of rotatable bonds is 7. The van der Waals surface area contributed by atoms with Crippen LogP contribution in [0.2, 0.25) is 0 Å². The molecule has 0 aliphatic carbocycles. The van der Waals surface area contributed by atoms with Crippen molar-refractivity contribution in [2.24, 2.45) is 11.7 Å². The van der Waals surface area contributed by atoms with Gasteiger partial charge in [0.15, 0.2) is 0 Å². The van der Waals surface area contributed by atoms with Gasteiger partial charge < -0.3 is 10.5 Å². The molecule has 1 unspecified atom stereocenters. The molecule has 0 aromatic carbocycles. The Morgan fingerprint density at radius 1 is 1.27 bits per heavy atom. The molecule has 1 fully saturated rings. The van der Waals surface area contributed by atoms with Crippen LogP contribution in [0.15, 0.2) is 23.8 Å². The molecule has 26 heavy (non-hydrogen) atoms. The molecule has 3 heterocycles. The third-order valence-electron chi connectivity index (χ3n) is 4.61. The third-order valence-corrected chi connectivity index (χ3v) is 5.56. The van der Waals surface area contributed by atoms with Gasteiger partial charge in [-0.1, -0.05) is 0 Å². The summed E-state index contributed by atoms with van der Waals surface area (Å²) in [6, 6.07) is 2.59. The number of piperidine rings is 1. The van der Waals surface area contributed by atoms with E-state index >= 15 is 0 Å². The van der Waals surface area contributed by atoms with E-state index in [4.69, 9.17) is 10.5 Å². The number of aromatic nitrogens is 2. The Balaban J connectivity index is 1.53. The van der Waals surface area contributed by atoms with Crippen molar-refractivity contribution in [3.05, 3.63) is 40.2 Å². The van der Waals surface area contributed by atoms with Crippen LogP contribution in [0.5, 0.6) is 5.88 Å².